The lowest BCUT2D eigenvalue weighted by Crippen LogP contribution is -2.32. The summed E-state index contributed by atoms with van der Waals surface area (Å²) in [5.41, 5.74) is 0.863. The number of hydrogen-bond acceptors (Lipinski definition) is 4. The van der Waals surface area contributed by atoms with Gasteiger partial charge in [0.2, 0.25) is 0 Å². The molecule has 0 bridgehead atoms. The van der Waals surface area contributed by atoms with Crippen LogP contribution in [0.15, 0.2) is 43.0 Å². The summed E-state index contributed by atoms with van der Waals surface area (Å²) in [5, 5.41) is 0. The highest BCUT2D eigenvalue weighted by atomic mass is 16.6. The lowest BCUT2D eigenvalue weighted by Gasteiger charge is -2.22. The lowest BCUT2D eigenvalue weighted by atomic mass is 10.1. The van der Waals surface area contributed by atoms with Crippen molar-refractivity contribution >= 4 is 11.9 Å². The molecular formula is C17H18O4. The zero-order chi connectivity index (χ0) is 15.7. The van der Waals surface area contributed by atoms with Crippen LogP contribution >= 0.6 is 0 Å². The van der Waals surface area contributed by atoms with Crippen LogP contribution in [0.3, 0.4) is 0 Å². The Hall–Kier alpha value is -2.54. The van der Waals surface area contributed by atoms with E-state index < -0.39 is 24.1 Å². The second-order valence-electron chi connectivity index (χ2n) is 4.33. The maximum atomic E-state index is 11.1. The van der Waals surface area contributed by atoms with Crippen molar-refractivity contribution < 1.29 is 19.1 Å². The molecule has 4 heteroatoms. The van der Waals surface area contributed by atoms with E-state index in [-0.39, 0.29) is 6.42 Å². The first-order valence-electron chi connectivity index (χ1n) is 6.54. The summed E-state index contributed by atoms with van der Waals surface area (Å²) in [4.78, 5) is 22.2. The molecule has 0 radical (unpaired) electrons. The molecule has 1 rings (SSSR count). The zero-order valence-electron chi connectivity index (χ0n) is 12.2. The average molecular weight is 286 g/mol. The van der Waals surface area contributed by atoms with Crippen LogP contribution in [0.2, 0.25) is 0 Å². The fraction of sp³-hybridized carbons (Fsp3) is 0.294. The van der Waals surface area contributed by atoms with E-state index in [0.717, 1.165) is 5.56 Å². The Balaban J connectivity index is 2.78. The Labute approximate surface area is 124 Å². The van der Waals surface area contributed by atoms with Gasteiger partial charge in [0, 0.05) is 19.4 Å². The number of benzene rings is 1. The quantitative estimate of drug-likeness (QED) is 0.474. The van der Waals surface area contributed by atoms with Crippen LogP contribution < -0.4 is 0 Å². The second kappa shape index (κ2) is 8.60. The summed E-state index contributed by atoms with van der Waals surface area (Å²) >= 11 is 0. The van der Waals surface area contributed by atoms with Gasteiger partial charge in [-0.3, -0.25) is 9.59 Å². The molecule has 1 aromatic carbocycles. The van der Waals surface area contributed by atoms with E-state index in [0.29, 0.717) is 0 Å². The van der Waals surface area contributed by atoms with Gasteiger partial charge in [0.15, 0.2) is 12.2 Å². The van der Waals surface area contributed by atoms with Crippen molar-refractivity contribution in [1.82, 2.24) is 0 Å². The number of carbonyl (C=O) groups is 2. The van der Waals surface area contributed by atoms with Gasteiger partial charge in [0.05, 0.1) is 6.42 Å². The Bertz CT molecular complexity index is 551. The second-order valence-corrected chi connectivity index (χ2v) is 4.33. The standard InChI is InChI=1S/C17H18O4/c1-4-16(20-13(2)18)17(21-14(3)19)12-8-11-15-9-6-5-7-10-15/h4-7,9-10,16-17H,1,12H2,2-3H3/t16-,17-/m0/s1. The van der Waals surface area contributed by atoms with E-state index in [9.17, 15) is 9.59 Å². The molecule has 0 aromatic heterocycles. The molecule has 0 saturated heterocycles. The highest BCUT2D eigenvalue weighted by molar-refractivity contribution is 5.67. The first kappa shape index (κ1) is 16.5. The van der Waals surface area contributed by atoms with Crippen molar-refractivity contribution in [2.45, 2.75) is 32.5 Å². The Morgan fingerprint density at radius 3 is 2.33 bits per heavy atom. The number of ether oxygens (including phenoxy) is 2. The average Bonchev–Trinajstić information content (AvgIpc) is 2.44. The van der Waals surface area contributed by atoms with Gasteiger partial charge < -0.3 is 9.47 Å². The molecule has 0 aliphatic rings. The van der Waals surface area contributed by atoms with Crippen LogP contribution in [0.1, 0.15) is 25.8 Å². The normalized spacial score (nSPS) is 12.3. The number of carbonyl (C=O) groups excluding carboxylic acids is 2. The van der Waals surface area contributed by atoms with Crippen LogP contribution in [0, 0.1) is 11.8 Å². The van der Waals surface area contributed by atoms with E-state index >= 15 is 0 Å². The summed E-state index contributed by atoms with van der Waals surface area (Å²) in [5.74, 6) is 4.97. The monoisotopic (exact) mass is 286 g/mol. The molecule has 0 fully saturated rings. The van der Waals surface area contributed by atoms with E-state index in [1.807, 2.05) is 30.3 Å². The zero-order valence-corrected chi connectivity index (χ0v) is 12.2. The van der Waals surface area contributed by atoms with Crippen molar-refractivity contribution in [3.05, 3.63) is 48.6 Å². The van der Waals surface area contributed by atoms with Gasteiger partial charge in [0.25, 0.3) is 0 Å². The van der Waals surface area contributed by atoms with Crippen molar-refractivity contribution in [3.63, 3.8) is 0 Å². The molecule has 0 aliphatic heterocycles. The van der Waals surface area contributed by atoms with Crippen LogP contribution in [0.4, 0.5) is 0 Å². The third kappa shape index (κ3) is 6.44. The highest BCUT2D eigenvalue weighted by Gasteiger charge is 2.23. The molecule has 0 N–H and O–H groups in total. The van der Waals surface area contributed by atoms with Gasteiger partial charge in [-0.1, -0.05) is 36.6 Å². The number of esters is 2. The smallest absolute Gasteiger partial charge is 0.303 e. The molecule has 2 atom stereocenters. The first-order valence-corrected chi connectivity index (χ1v) is 6.54. The molecule has 110 valence electrons. The third-order valence-corrected chi connectivity index (χ3v) is 2.53. The molecule has 0 aliphatic carbocycles. The molecule has 0 saturated carbocycles. The van der Waals surface area contributed by atoms with Gasteiger partial charge in [-0.15, -0.1) is 0 Å². The minimum atomic E-state index is -0.712. The van der Waals surface area contributed by atoms with Crippen LogP contribution in [-0.2, 0) is 19.1 Å². The minimum Gasteiger partial charge on any atom is -0.457 e. The SMILES string of the molecule is C=C[C@H](OC(C)=O)[C@H](CC#Cc1ccccc1)OC(C)=O. The predicted molar refractivity (Wildman–Crippen MR) is 79.2 cm³/mol. The van der Waals surface area contributed by atoms with Crippen molar-refractivity contribution in [2.75, 3.05) is 0 Å². The number of hydrogen-bond donors (Lipinski definition) is 0. The van der Waals surface area contributed by atoms with Crippen molar-refractivity contribution in [3.8, 4) is 11.8 Å². The van der Waals surface area contributed by atoms with Crippen LogP contribution in [0.5, 0.6) is 0 Å². The molecule has 0 unspecified atom stereocenters. The topological polar surface area (TPSA) is 52.6 Å². The summed E-state index contributed by atoms with van der Waals surface area (Å²) in [6, 6.07) is 9.44. The van der Waals surface area contributed by atoms with Gasteiger partial charge >= 0.3 is 11.9 Å². The fourth-order valence-corrected chi connectivity index (χ4v) is 1.68. The van der Waals surface area contributed by atoms with Gasteiger partial charge in [-0.05, 0) is 18.2 Å². The molecule has 1 aromatic rings. The van der Waals surface area contributed by atoms with Crippen molar-refractivity contribution in [1.29, 1.82) is 0 Å². The molecule has 4 nitrogen and oxygen atoms in total. The van der Waals surface area contributed by atoms with Gasteiger partial charge in [-0.25, -0.2) is 0 Å². The fourth-order valence-electron chi connectivity index (χ4n) is 1.68. The van der Waals surface area contributed by atoms with Crippen LogP contribution in [0.25, 0.3) is 0 Å². The minimum absolute atomic E-state index is 0.248. The lowest BCUT2D eigenvalue weighted by molar-refractivity contribution is -0.161. The van der Waals surface area contributed by atoms with Crippen molar-refractivity contribution in [2.24, 2.45) is 0 Å². The molecule has 0 spiro atoms. The van der Waals surface area contributed by atoms with Crippen LogP contribution in [-0.4, -0.2) is 24.1 Å². The van der Waals surface area contributed by atoms with E-state index in [1.165, 1.54) is 19.9 Å². The summed E-state index contributed by atoms with van der Waals surface area (Å²) in [6.45, 7) is 6.18. The van der Waals surface area contributed by atoms with E-state index in [1.54, 1.807) is 0 Å². The molecular weight excluding hydrogens is 268 g/mol. The summed E-state index contributed by atoms with van der Waals surface area (Å²) in [7, 11) is 0. The molecule has 21 heavy (non-hydrogen) atoms. The maximum Gasteiger partial charge on any atom is 0.303 e. The molecule has 0 amide bonds. The van der Waals surface area contributed by atoms with E-state index in [2.05, 4.69) is 18.4 Å². The molecule has 0 heterocycles. The number of rotatable bonds is 5. The first-order chi connectivity index (χ1) is 10.0. The summed E-state index contributed by atoms with van der Waals surface area (Å²) < 4.78 is 10.2. The van der Waals surface area contributed by atoms with Gasteiger partial charge in [0.1, 0.15) is 0 Å². The Morgan fingerprint density at radius 1 is 1.19 bits per heavy atom. The predicted octanol–water partition coefficient (Wildman–Crippen LogP) is 2.48. The highest BCUT2D eigenvalue weighted by Crippen LogP contribution is 2.11. The largest absolute Gasteiger partial charge is 0.457 e. The third-order valence-electron chi connectivity index (χ3n) is 2.53. The Morgan fingerprint density at radius 2 is 1.81 bits per heavy atom. The van der Waals surface area contributed by atoms with E-state index in [4.69, 9.17) is 9.47 Å². The maximum absolute atomic E-state index is 11.1. The van der Waals surface area contributed by atoms with Gasteiger partial charge in [-0.2, -0.15) is 0 Å². The Kier molecular flexibility index (Phi) is 6.76. The summed E-state index contributed by atoms with van der Waals surface area (Å²) in [6.07, 6.45) is 0.300.